The molecule has 124 valence electrons. The molecular weight excluding hydrogens is 331 g/mol. The Morgan fingerprint density at radius 2 is 1.96 bits per heavy atom. The molecule has 0 radical (unpaired) electrons. The van der Waals surface area contributed by atoms with Crippen molar-refractivity contribution in [3.8, 4) is 5.75 Å². The van der Waals surface area contributed by atoms with E-state index in [0.717, 1.165) is 11.1 Å². The Labute approximate surface area is 143 Å². The van der Waals surface area contributed by atoms with Gasteiger partial charge in [-0.05, 0) is 56.3 Å². The van der Waals surface area contributed by atoms with Gasteiger partial charge >= 0.3 is 5.97 Å². The summed E-state index contributed by atoms with van der Waals surface area (Å²) in [4.78, 5) is 16.4. The van der Waals surface area contributed by atoms with Crippen molar-refractivity contribution in [3.05, 3.63) is 65.0 Å². The van der Waals surface area contributed by atoms with E-state index in [2.05, 4.69) is 4.99 Å². The molecule has 3 rings (SSSR count). The average Bonchev–Trinajstić information content (AvgIpc) is 2.53. The predicted octanol–water partition coefficient (Wildman–Crippen LogP) is 3.47. The van der Waals surface area contributed by atoms with Gasteiger partial charge in [0.2, 0.25) is 0 Å². The zero-order valence-corrected chi connectivity index (χ0v) is 13.9. The highest BCUT2D eigenvalue weighted by molar-refractivity contribution is 7.92. The Morgan fingerprint density at radius 1 is 1.25 bits per heavy atom. The predicted molar refractivity (Wildman–Crippen MR) is 90.4 cm³/mol. The topological polar surface area (TPSA) is 73.9 Å². The number of rotatable bonds is 3. The van der Waals surface area contributed by atoms with Gasteiger partial charge in [0.25, 0.3) is 0 Å². The highest BCUT2D eigenvalue weighted by Crippen LogP contribution is 2.33. The first-order chi connectivity index (χ1) is 11.4. The van der Waals surface area contributed by atoms with E-state index >= 15 is 0 Å². The molecule has 2 aromatic carbocycles. The Balaban J connectivity index is 2.07. The standard InChI is InChI=1S/C17H15FN2O3S/c1-17(2)20-15(10-3-6-12(18)7-4-10)13-8-5-11(9-14(13)22-17)16(21)23-24-19/h3-9H,19H2,1-2H3. The second kappa shape index (κ2) is 6.26. The highest BCUT2D eigenvalue weighted by atomic mass is 32.2. The number of halogens is 1. The largest absolute Gasteiger partial charge is 0.466 e. The van der Waals surface area contributed by atoms with Crippen LogP contribution >= 0.6 is 12.2 Å². The number of ether oxygens (including phenoxy) is 1. The fourth-order valence-electron chi connectivity index (χ4n) is 2.47. The number of carbonyl (C=O) groups is 1. The summed E-state index contributed by atoms with van der Waals surface area (Å²) in [5.41, 5.74) is 1.67. The fraction of sp³-hybridized carbons (Fsp3) is 0.176. The smallest absolute Gasteiger partial charge is 0.351 e. The molecule has 0 fully saturated rings. The molecule has 24 heavy (non-hydrogen) atoms. The number of benzene rings is 2. The number of fused-ring (bicyclic) bond motifs is 1. The van der Waals surface area contributed by atoms with Crippen molar-refractivity contribution in [1.29, 1.82) is 0 Å². The molecule has 2 N–H and O–H groups in total. The number of aliphatic imine (C=N–C) groups is 1. The lowest BCUT2D eigenvalue weighted by atomic mass is 9.97. The van der Waals surface area contributed by atoms with Crippen LogP contribution in [0.5, 0.6) is 5.75 Å². The van der Waals surface area contributed by atoms with Gasteiger partial charge in [-0.25, -0.2) is 19.3 Å². The maximum absolute atomic E-state index is 13.2. The highest BCUT2D eigenvalue weighted by Gasteiger charge is 2.29. The van der Waals surface area contributed by atoms with E-state index < -0.39 is 11.7 Å². The van der Waals surface area contributed by atoms with Crippen molar-refractivity contribution in [3.63, 3.8) is 0 Å². The van der Waals surface area contributed by atoms with Crippen LogP contribution in [0.3, 0.4) is 0 Å². The molecule has 0 amide bonds. The molecule has 0 aromatic heterocycles. The van der Waals surface area contributed by atoms with E-state index in [1.54, 1.807) is 44.2 Å². The van der Waals surface area contributed by atoms with Gasteiger partial charge in [0.1, 0.15) is 23.8 Å². The lowest BCUT2D eigenvalue weighted by molar-refractivity contribution is 0.0764. The van der Waals surface area contributed by atoms with Crippen LogP contribution < -0.4 is 9.88 Å². The first-order valence-electron chi connectivity index (χ1n) is 7.16. The molecule has 0 atom stereocenters. The molecule has 0 aliphatic carbocycles. The fourth-order valence-corrected chi connectivity index (χ4v) is 2.65. The van der Waals surface area contributed by atoms with E-state index in [9.17, 15) is 9.18 Å². The van der Waals surface area contributed by atoms with Crippen LogP contribution in [0, 0.1) is 5.82 Å². The number of carbonyl (C=O) groups excluding carboxylic acids is 1. The Bertz CT molecular complexity index is 819. The maximum atomic E-state index is 13.2. The van der Waals surface area contributed by atoms with Gasteiger partial charge in [-0.3, -0.25) is 0 Å². The summed E-state index contributed by atoms with van der Waals surface area (Å²) in [5.74, 6) is -0.369. The van der Waals surface area contributed by atoms with Crippen molar-refractivity contribution in [1.82, 2.24) is 0 Å². The van der Waals surface area contributed by atoms with Gasteiger partial charge in [-0.15, -0.1) is 0 Å². The van der Waals surface area contributed by atoms with Crippen molar-refractivity contribution >= 4 is 23.9 Å². The molecule has 1 heterocycles. The normalized spacial score (nSPS) is 15.1. The quantitative estimate of drug-likeness (QED) is 0.680. The van der Waals surface area contributed by atoms with Gasteiger partial charge in [0.05, 0.1) is 11.3 Å². The number of hydrogen-bond acceptors (Lipinski definition) is 6. The molecule has 0 saturated heterocycles. The zero-order valence-electron chi connectivity index (χ0n) is 13.1. The first kappa shape index (κ1) is 16.5. The Hall–Kier alpha value is -2.38. The summed E-state index contributed by atoms with van der Waals surface area (Å²) >= 11 is 0.491. The third kappa shape index (κ3) is 3.27. The molecular formula is C17H15FN2O3S. The molecule has 7 heteroatoms. The maximum Gasteiger partial charge on any atom is 0.351 e. The molecule has 0 bridgehead atoms. The summed E-state index contributed by atoms with van der Waals surface area (Å²) in [6, 6.07) is 11.0. The third-order valence-corrected chi connectivity index (χ3v) is 3.70. The summed E-state index contributed by atoms with van der Waals surface area (Å²) < 4.78 is 23.8. The van der Waals surface area contributed by atoms with Gasteiger partial charge in [-0.2, -0.15) is 0 Å². The number of nitrogens with two attached hydrogens (primary N) is 1. The lowest BCUT2D eigenvalue weighted by Gasteiger charge is -2.30. The van der Waals surface area contributed by atoms with Crippen molar-refractivity contribution in [2.45, 2.75) is 19.6 Å². The van der Waals surface area contributed by atoms with Crippen LogP contribution in [0.25, 0.3) is 0 Å². The van der Waals surface area contributed by atoms with E-state index in [1.165, 1.54) is 12.1 Å². The summed E-state index contributed by atoms with van der Waals surface area (Å²) in [6.07, 6.45) is 0. The van der Waals surface area contributed by atoms with Crippen LogP contribution in [0.2, 0.25) is 0 Å². The van der Waals surface area contributed by atoms with Crippen LogP contribution in [-0.2, 0) is 4.18 Å². The number of nitrogens with zero attached hydrogens (tertiary/aromatic N) is 1. The van der Waals surface area contributed by atoms with E-state index in [0.29, 0.717) is 29.3 Å². The molecule has 0 spiro atoms. The van der Waals surface area contributed by atoms with E-state index in [-0.39, 0.29) is 5.82 Å². The minimum atomic E-state index is -0.818. The summed E-state index contributed by atoms with van der Waals surface area (Å²) in [7, 11) is 0. The molecule has 0 unspecified atom stereocenters. The molecule has 1 aliphatic heterocycles. The van der Waals surface area contributed by atoms with Crippen LogP contribution in [-0.4, -0.2) is 17.4 Å². The summed E-state index contributed by atoms with van der Waals surface area (Å²) in [6.45, 7) is 3.61. The van der Waals surface area contributed by atoms with Gasteiger partial charge in [-0.1, -0.05) is 0 Å². The minimum absolute atomic E-state index is 0.316. The molecule has 2 aromatic rings. The van der Waals surface area contributed by atoms with Crippen LogP contribution in [0.15, 0.2) is 47.5 Å². The van der Waals surface area contributed by atoms with Gasteiger partial charge < -0.3 is 8.92 Å². The zero-order chi connectivity index (χ0) is 17.3. The van der Waals surface area contributed by atoms with Gasteiger partial charge in [0, 0.05) is 11.1 Å². The van der Waals surface area contributed by atoms with Crippen molar-refractivity contribution in [2.24, 2.45) is 10.1 Å². The first-order valence-corrected chi connectivity index (χ1v) is 7.97. The van der Waals surface area contributed by atoms with Gasteiger partial charge in [0.15, 0.2) is 5.72 Å². The minimum Gasteiger partial charge on any atom is -0.466 e. The second-order valence-electron chi connectivity index (χ2n) is 5.69. The van der Waals surface area contributed by atoms with E-state index in [4.69, 9.17) is 14.1 Å². The van der Waals surface area contributed by atoms with Crippen LogP contribution in [0.4, 0.5) is 4.39 Å². The van der Waals surface area contributed by atoms with E-state index in [1.807, 2.05) is 0 Å². The summed E-state index contributed by atoms with van der Waals surface area (Å²) in [5, 5.41) is 5.15. The number of hydrogen-bond donors (Lipinski definition) is 1. The second-order valence-corrected chi connectivity index (χ2v) is 6.05. The SMILES string of the molecule is CC1(C)N=C(c2ccc(F)cc2)c2ccc(C(=O)OSN)cc2O1. The monoisotopic (exact) mass is 346 g/mol. The van der Waals surface area contributed by atoms with Crippen LogP contribution in [0.1, 0.15) is 35.3 Å². The molecule has 1 aliphatic rings. The van der Waals surface area contributed by atoms with Crippen molar-refractivity contribution in [2.75, 3.05) is 0 Å². The van der Waals surface area contributed by atoms with Crippen molar-refractivity contribution < 1.29 is 18.1 Å². The average molecular weight is 346 g/mol. The lowest BCUT2D eigenvalue weighted by Crippen LogP contribution is -2.32. The third-order valence-electron chi connectivity index (χ3n) is 3.45. The Morgan fingerprint density at radius 3 is 2.62 bits per heavy atom. The molecule has 0 saturated carbocycles. The Kier molecular flexibility index (Phi) is 4.29. The molecule has 5 nitrogen and oxygen atoms in total.